The van der Waals surface area contributed by atoms with E-state index in [1.165, 1.54) is 0 Å². The first-order chi connectivity index (χ1) is 8.67. The van der Waals surface area contributed by atoms with E-state index in [9.17, 15) is 14.7 Å². The number of hydrogen-bond donors (Lipinski definition) is 3. The molecule has 1 heterocycles. The van der Waals surface area contributed by atoms with E-state index in [2.05, 4.69) is 10.6 Å². The van der Waals surface area contributed by atoms with Crippen LogP contribution >= 0.6 is 0 Å². The summed E-state index contributed by atoms with van der Waals surface area (Å²) in [6, 6.07) is -0.341. The number of carboxylic acids is 1. The minimum atomic E-state index is -1.05. The lowest BCUT2D eigenvalue weighted by Gasteiger charge is -2.38. The fourth-order valence-corrected chi connectivity index (χ4v) is 1.73. The van der Waals surface area contributed by atoms with Crippen molar-refractivity contribution in [3.63, 3.8) is 0 Å². The molecule has 19 heavy (non-hydrogen) atoms. The Morgan fingerprint density at radius 2 is 1.95 bits per heavy atom. The van der Waals surface area contributed by atoms with Crippen molar-refractivity contribution in [3.8, 4) is 0 Å². The number of carbonyl (C=O) groups is 2. The molecule has 0 aromatic rings. The van der Waals surface area contributed by atoms with Crippen molar-refractivity contribution in [2.24, 2.45) is 11.3 Å². The summed E-state index contributed by atoms with van der Waals surface area (Å²) in [5.74, 6) is -0.594. The first-order valence-electron chi connectivity index (χ1n) is 6.54. The van der Waals surface area contributed by atoms with E-state index in [1.54, 1.807) is 27.7 Å². The van der Waals surface area contributed by atoms with E-state index in [0.717, 1.165) is 13.0 Å². The molecule has 1 fully saturated rings. The Balaban J connectivity index is 2.47. The maximum Gasteiger partial charge on any atom is 0.315 e. The molecule has 1 aliphatic heterocycles. The van der Waals surface area contributed by atoms with Crippen LogP contribution in [0.15, 0.2) is 0 Å². The van der Waals surface area contributed by atoms with Crippen molar-refractivity contribution in [1.29, 1.82) is 0 Å². The number of hydrogen-bond acceptors (Lipinski definition) is 3. The summed E-state index contributed by atoms with van der Waals surface area (Å²) in [6.07, 6.45) is 0.949. The predicted octanol–water partition coefficient (Wildman–Crippen LogP) is 1.21. The summed E-state index contributed by atoms with van der Waals surface area (Å²) in [5, 5.41) is 14.7. The number of ether oxygens (including phenoxy) is 1. The van der Waals surface area contributed by atoms with Gasteiger partial charge in [-0.05, 0) is 34.1 Å². The smallest absolute Gasteiger partial charge is 0.315 e. The zero-order valence-corrected chi connectivity index (χ0v) is 12.1. The summed E-state index contributed by atoms with van der Waals surface area (Å²) in [7, 11) is 0. The van der Waals surface area contributed by atoms with Gasteiger partial charge in [-0.25, -0.2) is 4.79 Å². The first-order valence-corrected chi connectivity index (χ1v) is 6.54. The molecule has 0 radical (unpaired) electrons. The van der Waals surface area contributed by atoms with Crippen LogP contribution in [0.2, 0.25) is 0 Å². The highest BCUT2D eigenvalue weighted by Crippen LogP contribution is 2.30. The highest BCUT2D eigenvalue weighted by atomic mass is 16.5. The third-order valence-electron chi connectivity index (χ3n) is 4.10. The van der Waals surface area contributed by atoms with Gasteiger partial charge in [0, 0.05) is 19.1 Å². The van der Waals surface area contributed by atoms with Crippen molar-refractivity contribution in [2.75, 3.05) is 19.8 Å². The molecule has 3 N–H and O–H groups in total. The van der Waals surface area contributed by atoms with Crippen LogP contribution in [0.1, 0.15) is 34.1 Å². The normalized spacial score (nSPS) is 20.1. The molecule has 6 nitrogen and oxygen atoms in total. The minimum absolute atomic E-state index is 0.341. The second-order valence-electron chi connectivity index (χ2n) is 6.12. The number of aliphatic carboxylic acids is 1. The molecule has 0 spiro atoms. The van der Waals surface area contributed by atoms with Crippen LogP contribution < -0.4 is 10.6 Å². The summed E-state index contributed by atoms with van der Waals surface area (Å²) in [6.45, 7) is 8.57. The van der Waals surface area contributed by atoms with Crippen LogP contribution in [0.5, 0.6) is 0 Å². The van der Waals surface area contributed by atoms with Gasteiger partial charge in [0.1, 0.15) is 0 Å². The number of carbonyl (C=O) groups excluding carboxylic acids is 1. The van der Waals surface area contributed by atoms with Crippen LogP contribution in [0.25, 0.3) is 0 Å². The molecule has 1 aliphatic rings. The molecule has 0 bridgehead atoms. The largest absolute Gasteiger partial charge is 0.481 e. The fourth-order valence-electron chi connectivity index (χ4n) is 1.73. The van der Waals surface area contributed by atoms with E-state index in [4.69, 9.17) is 4.74 Å². The summed E-state index contributed by atoms with van der Waals surface area (Å²) in [4.78, 5) is 23.1. The number of carboxylic acid groups (broad SMARTS) is 1. The van der Waals surface area contributed by atoms with Crippen LogP contribution in [0.3, 0.4) is 0 Å². The average molecular weight is 272 g/mol. The molecule has 0 aromatic carbocycles. The van der Waals surface area contributed by atoms with Gasteiger partial charge in [0.05, 0.1) is 17.6 Å². The SMILES string of the molecule is CC(C)(NC(=O)NCC1CCOC1)C(C)(C)C(=O)O. The zero-order chi connectivity index (χ0) is 14.7. The zero-order valence-electron chi connectivity index (χ0n) is 12.1. The van der Waals surface area contributed by atoms with Gasteiger partial charge >= 0.3 is 12.0 Å². The van der Waals surface area contributed by atoms with E-state index in [1.807, 2.05) is 0 Å². The number of amides is 2. The minimum Gasteiger partial charge on any atom is -0.481 e. The second kappa shape index (κ2) is 5.77. The van der Waals surface area contributed by atoms with Crippen molar-refractivity contribution in [1.82, 2.24) is 10.6 Å². The molecule has 0 aromatic heterocycles. The van der Waals surface area contributed by atoms with Crippen molar-refractivity contribution >= 4 is 12.0 Å². The molecule has 1 unspecified atom stereocenters. The number of urea groups is 1. The second-order valence-corrected chi connectivity index (χ2v) is 6.12. The monoisotopic (exact) mass is 272 g/mol. The third kappa shape index (κ3) is 3.83. The molecule has 1 rings (SSSR count). The molecule has 0 aliphatic carbocycles. The van der Waals surface area contributed by atoms with E-state index >= 15 is 0 Å². The van der Waals surface area contributed by atoms with Gasteiger partial charge < -0.3 is 20.5 Å². The molecule has 0 saturated carbocycles. The molecule has 1 atom stereocenters. The van der Waals surface area contributed by atoms with Gasteiger partial charge in [-0.15, -0.1) is 0 Å². The Bertz CT molecular complexity index is 347. The standard InChI is InChI=1S/C13H24N2O4/c1-12(2,10(16)17)13(3,4)15-11(18)14-7-9-5-6-19-8-9/h9H,5-8H2,1-4H3,(H,16,17)(H2,14,15,18). The maximum absolute atomic E-state index is 11.8. The predicted molar refractivity (Wildman–Crippen MR) is 71.0 cm³/mol. The average Bonchev–Trinajstić information content (AvgIpc) is 2.78. The summed E-state index contributed by atoms with van der Waals surface area (Å²) >= 11 is 0. The van der Waals surface area contributed by atoms with Gasteiger partial charge in [0.15, 0.2) is 0 Å². The Morgan fingerprint density at radius 1 is 1.32 bits per heavy atom. The van der Waals surface area contributed by atoms with Gasteiger partial charge in [0.25, 0.3) is 0 Å². The summed E-state index contributed by atoms with van der Waals surface area (Å²) in [5.41, 5.74) is -1.91. The van der Waals surface area contributed by atoms with Crippen LogP contribution in [-0.2, 0) is 9.53 Å². The fraction of sp³-hybridized carbons (Fsp3) is 0.846. The van der Waals surface area contributed by atoms with E-state index < -0.39 is 16.9 Å². The Hall–Kier alpha value is -1.30. The summed E-state index contributed by atoms with van der Waals surface area (Å²) < 4.78 is 5.23. The molecule has 110 valence electrons. The van der Waals surface area contributed by atoms with Crippen molar-refractivity contribution < 1.29 is 19.4 Å². The highest BCUT2D eigenvalue weighted by Gasteiger charge is 2.44. The maximum atomic E-state index is 11.8. The topological polar surface area (TPSA) is 87.7 Å². The number of nitrogens with one attached hydrogen (secondary N) is 2. The van der Waals surface area contributed by atoms with Gasteiger partial charge in [-0.2, -0.15) is 0 Å². The molecular formula is C13H24N2O4. The molecule has 2 amide bonds. The first kappa shape index (κ1) is 15.8. The van der Waals surface area contributed by atoms with E-state index in [-0.39, 0.29) is 6.03 Å². The Kier molecular flexibility index (Phi) is 4.79. The van der Waals surface area contributed by atoms with E-state index in [0.29, 0.717) is 19.1 Å². The lowest BCUT2D eigenvalue weighted by molar-refractivity contribution is -0.150. The lowest BCUT2D eigenvalue weighted by Crippen LogP contribution is -2.59. The number of rotatable bonds is 5. The van der Waals surface area contributed by atoms with Crippen molar-refractivity contribution in [2.45, 2.75) is 39.7 Å². The van der Waals surface area contributed by atoms with Crippen LogP contribution in [-0.4, -0.2) is 42.4 Å². The highest BCUT2D eigenvalue weighted by molar-refractivity contribution is 5.79. The Morgan fingerprint density at radius 3 is 2.42 bits per heavy atom. The quantitative estimate of drug-likeness (QED) is 0.702. The van der Waals surface area contributed by atoms with Gasteiger partial charge in [-0.3, -0.25) is 4.79 Å². The lowest BCUT2D eigenvalue weighted by atomic mass is 9.74. The van der Waals surface area contributed by atoms with Gasteiger partial charge in [-0.1, -0.05) is 0 Å². The van der Waals surface area contributed by atoms with Crippen LogP contribution in [0, 0.1) is 11.3 Å². The third-order valence-corrected chi connectivity index (χ3v) is 4.10. The molecule has 6 heteroatoms. The van der Waals surface area contributed by atoms with Crippen molar-refractivity contribution in [3.05, 3.63) is 0 Å². The van der Waals surface area contributed by atoms with Crippen LogP contribution in [0.4, 0.5) is 4.79 Å². The molecular weight excluding hydrogens is 248 g/mol. The molecule has 1 saturated heterocycles. The van der Waals surface area contributed by atoms with Gasteiger partial charge in [0.2, 0.25) is 0 Å². The Labute approximate surface area is 113 Å².